The summed E-state index contributed by atoms with van der Waals surface area (Å²) in [6, 6.07) is 15.2. The number of aryl methyl sites for hydroxylation is 3. The van der Waals surface area contributed by atoms with E-state index < -0.39 is 0 Å². The van der Waals surface area contributed by atoms with Gasteiger partial charge >= 0.3 is 0 Å². The molecule has 0 spiro atoms. The number of hydrogen-bond acceptors (Lipinski definition) is 1. The van der Waals surface area contributed by atoms with Crippen LogP contribution in [-0.2, 0) is 5.75 Å². The van der Waals surface area contributed by atoms with Gasteiger partial charge in [-0.2, -0.15) is 0 Å². The Morgan fingerprint density at radius 2 is 1.47 bits per heavy atom. The molecule has 0 saturated heterocycles. The Morgan fingerprint density at radius 3 is 2.06 bits per heavy atom. The summed E-state index contributed by atoms with van der Waals surface area (Å²) in [4.78, 5) is 1.43. The van der Waals surface area contributed by atoms with Gasteiger partial charge in [0.15, 0.2) is 0 Å². The molecule has 2 aromatic carbocycles. The normalized spacial score (nSPS) is 10.5. The molecule has 0 heterocycles. The molecule has 0 aromatic heterocycles. The van der Waals surface area contributed by atoms with Gasteiger partial charge in [0.1, 0.15) is 0 Å². The molecule has 1 heteroatoms. The number of hydrogen-bond donors (Lipinski definition) is 0. The lowest BCUT2D eigenvalue weighted by atomic mass is 10.1. The van der Waals surface area contributed by atoms with Gasteiger partial charge in [0, 0.05) is 10.6 Å². The van der Waals surface area contributed by atoms with E-state index in [2.05, 4.69) is 63.2 Å². The molecule has 0 unspecified atom stereocenters. The molecule has 2 rings (SSSR count). The first-order valence-corrected chi connectivity index (χ1v) is 6.90. The summed E-state index contributed by atoms with van der Waals surface area (Å²) < 4.78 is 0. The molecule has 0 atom stereocenters. The lowest BCUT2D eigenvalue weighted by Gasteiger charge is -2.10. The van der Waals surface area contributed by atoms with Crippen molar-refractivity contribution in [1.29, 1.82) is 0 Å². The van der Waals surface area contributed by atoms with E-state index in [0.29, 0.717) is 0 Å². The van der Waals surface area contributed by atoms with Gasteiger partial charge in [0.25, 0.3) is 0 Å². The quantitative estimate of drug-likeness (QED) is 0.689. The number of rotatable bonds is 3. The molecule has 0 N–H and O–H groups in total. The van der Waals surface area contributed by atoms with E-state index in [1.807, 2.05) is 11.8 Å². The van der Waals surface area contributed by atoms with E-state index in [4.69, 9.17) is 0 Å². The summed E-state index contributed by atoms with van der Waals surface area (Å²) in [5, 5.41) is 0. The fraction of sp³-hybridized carbons (Fsp3) is 0.250. The third kappa shape index (κ3) is 3.13. The van der Waals surface area contributed by atoms with Crippen LogP contribution in [0.15, 0.2) is 47.4 Å². The van der Waals surface area contributed by atoms with E-state index >= 15 is 0 Å². The van der Waals surface area contributed by atoms with Crippen molar-refractivity contribution in [3.8, 4) is 0 Å². The van der Waals surface area contributed by atoms with Crippen molar-refractivity contribution in [2.45, 2.75) is 31.4 Å². The molecule has 0 bridgehead atoms. The van der Waals surface area contributed by atoms with Gasteiger partial charge in [0.2, 0.25) is 0 Å². The second kappa shape index (κ2) is 5.42. The smallest absolute Gasteiger partial charge is 0.0232 e. The average molecular weight is 242 g/mol. The van der Waals surface area contributed by atoms with Crippen LogP contribution in [0.2, 0.25) is 0 Å². The molecule has 0 aliphatic rings. The van der Waals surface area contributed by atoms with Crippen molar-refractivity contribution in [3.63, 3.8) is 0 Å². The highest BCUT2D eigenvalue weighted by Crippen LogP contribution is 2.30. The van der Waals surface area contributed by atoms with Gasteiger partial charge in [-0.15, -0.1) is 11.8 Å². The first-order valence-electron chi connectivity index (χ1n) is 5.91. The summed E-state index contributed by atoms with van der Waals surface area (Å²) in [5.41, 5.74) is 5.52. The van der Waals surface area contributed by atoms with Crippen molar-refractivity contribution < 1.29 is 0 Å². The minimum atomic E-state index is 1.05. The largest absolute Gasteiger partial charge is 0.121 e. The lowest BCUT2D eigenvalue weighted by Crippen LogP contribution is -1.88. The maximum Gasteiger partial charge on any atom is 0.0232 e. The Bertz CT molecular complexity index is 477. The van der Waals surface area contributed by atoms with E-state index in [1.165, 1.54) is 27.1 Å². The average Bonchev–Trinajstić information content (AvgIpc) is 2.29. The van der Waals surface area contributed by atoms with Crippen LogP contribution in [0.25, 0.3) is 0 Å². The minimum Gasteiger partial charge on any atom is -0.121 e. The van der Waals surface area contributed by atoms with Gasteiger partial charge in [-0.25, -0.2) is 0 Å². The van der Waals surface area contributed by atoms with E-state index in [-0.39, 0.29) is 0 Å². The first-order chi connectivity index (χ1) is 8.16. The van der Waals surface area contributed by atoms with Crippen LogP contribution in [0, 0.1) is 20.8 Å². The Labute approximate surface area is 108 Å². The second-order valence-corrected chi connectivity index (χ2v) is 5.49. The van der Waals surface area contributed by atoms with E-state index in [0.717, 1.165) is 5.75 Å². The maximum atomic E-state index is 2.26. The van der Waals surface area contributed by atoms with Crippen molar-refractivity contribution in [3.05, 3.63) is 64.7 Å². The Balaban J connectivity index is 2.15. The zero-order chi connectivity index (χ0) is 12.3. The fourth-order valence-electron chi connectivity index (χ4n) is 2.12. The van der Waals surface area contributed by atoms with Crippen LogP contribution in [0.3, 0.4) is 0 Å². The molecule has 88 valence electrons. The highest BCUT2D eigenvalue weighted by atomic mass is 32.2. The third-order valence-electron chi connectivity index (χ3n) is 2.83. The lowest BCUT2D eigenvalue weighted by molar-refractivity contribution is 1.18. The number of benzene rings is 2. The summed E-state index contributed by atoms with van der Waals surface area (Å²) >= 11 is 1.94. The van der Waals surface area contributed by atoms with Gasteiger partial charge < -0.3 is 0 Å². The highest BCUT2D eigenvalue weighted by molar-refractivity contribution is 7.98. The van der Waals surface area contributed by atoms with Crippen molar-refractivity contribution in [1.82, 2.24) is 0 Å². The first kappa shape index (κ1) is 12.3. The zero-order valence-corrected chi connectivity index (χ0v) is 11.5. The van der Waals surface area contributed by atoms with E-state index in [1.54, 1.807) is 0 Å². The molecule has 0 saturated carbocycles. The van der Waals surface area contributed by atoms with E-state index in [9.17, 15) is 0 Å². The molecule has 0 nitrogen and oxygen atoms in total. The SMILES string of the molecule is Cc1cc(C)c(SCc2ccccc2)c(C)c1. The van der Waals surface area contributed by atoms with Crippen LogP contribution < -0.4 is 0 Å². The highest BCUT2D eigenvalue weighted by Gasteiger charge is 2.04. The van der Waals surface area contributed by atoms with Crippen LogP contribution in [0.4, 0.5) is 0 Å². The molecule has 0 aliphatic heterocycles. The molecule has 0 radical (unpaired) electrons. The maximum absolute atomic E-state index is 2.26. The van der Waals surface area contributed by atoms with Crippen LogP contribution in [0.1, 0.15) is 22.3 Å². The zero-order valence-electron chi connectivity index (χ0n) is 10.7. The summed E-state index contributed by atoms with van der Waals surface area (Å²) in [6.07, 6.45) is 0. The molecule has 0 amide bonds. The molecule has 2 aromatic rings. The van der Waals surface area contributed by atoms with Gasteiger partial charge in [-0.1, -0.05) is 48.0 Å². The molecular formula is C16H18S. The topological polar surface area (TPSA) is 0 Å². The van der Waals surface area contributed by atoms with Crippen molar-refractivity contribution >= 4 is 11.8 Å². The molecule has 0 fully saturated rings. The summed E-state index contributed by atoms with van der Waals surface area (Å²) in [5.74, 6) is 1.05. The Hall–Kier alpha value is -1.21. The van der Waals surface area contributed by atoms with Gasteiger partial charge in [-0.05, 0) is 37.5 Å². The van der Waals surface area contributed by atoms with Gasteiger partial charge in [-0.3, -0.25) is 0 Å². The van der Waals surface area contributed by atoms with Gasteiger partial charge in [0.05, 0.1) is 0 Å². The monoisotopic (exact) mass is 242 g/mol. The summed E-state index contributed by atoms with van der Waals surface area (Å²) in [7, 11) is 0. The predicted octanol–water partition coefficient (Wildman–Crippen LogP) is 4.90. The molecular weight excluding hydrogens is 224 g/mol. The van der Waals surface area contributed by atoms with Crippen LogP contribution in [0.5, 0.6) is 0 Å². The van der Waals surface area contributed by atoms with Crippen LogP contribution >= 0.6 is 11.8 Å². The van der Waals surface area contributed by atoms with Crippen LogP contribution in [-0.4, -0.2) is 0 Å². The Morgan fingerprint density at radius 1 is 0.882 bits per heavy atom. The summed E-state index contributed by atoms with van der Waals surface area (Å²) in [6.45, 7) is 6.56. The molecule has 17 heavy (non-hydrogen) atoms. The van der Waals surface area contributed by atoms with Crippen molar-refractivity contribution in [2.75, 3.05) is 0 Å². The Kier molecular flexibility index (Phi) is 3.90. The standard InChI is InChI=1S/C16H18S/c1-12-9-13(2)16(14(3)10-12)17-11-15-7-5-4-6-8-15/h4-10H,11H2,1-3H3. The van der Waals surface area contributed by atoms with Crippen molar-refractivity contribution in [2.24, 2.45) is 0 Å². The minimum absolute atomic E-state index is 1.05. The predicted molar refractivity (Wildman–Crippen MR) is 76.7 cm³/mol. The fourth-order valence-corrected chi connectivity index (χ4v) is 3.20. The number of thioether (sulfide) groups is 1. The molecule has 0 aliphatic carbocycles. The third-order valence-corrected chi connectivity index (χ3v) is 4.24. The second-order valence-electron chi connectivity index (χ2n) is 4.50.